The summed E-state index contributed by atoms with van der Waals surface area (Å²) in [6.45, 7) is 4.20. The number of anilines is 5. The highest BCUT2D eigenvalue weighted by Gasteiger charge is 2.11. The first-order valence-corrected chi connectivity index (χ1v) is 11.6. The molecule has 0 bridgehead atoms. The fraction of sp³-hybridized carbons (Fsp3) is 0.115. The van der Waals surface area contributed by atoms with Gasteiger partial charge in [0.2, 0.25) is 11.9 Å². The summed E-state index contributed by atoms with van der Waals surface area (Å²) >= 11 is 3.52. The third-order valence-electron chi connectivity index (χ3n) is 4.87. The van der Waals surface area contributed by atoms with Gasteiger partial charge in [0.05, 0.1) is 16.8 Å². The minimum Gasteiger partial charge on any atom is -0.492 e. The van der Waals surface area contributed by atoms with Crippen molar-refractivity contribution in [1.29, 1.82) is 0 Å². The van der Waals surface area contributed by atoms with Crippen LogP contribution in [0.15, 0.2) is 83.5 Å². The van der Waals surface area contributed by atoms with Gasteiger partial charge in [-0.3, -0.25) is 4.79 Å². The van der Waals surface area contributed by atoms with Crippen molar-refractivity contribution in [3.8, 4) is 5.75 Å². The normalized spacial score (nSPS) is 10.9. The average molecular weight is 518 g/mol. The molecule has 0 saturated heterocycles. The highest BCUT2D eigenvalue weighted by Crippen LogP contribution is 2.32. The number of hydrogen-bond acceptors (Lipinski definition) is 6. The molecular weight excluding hydrogens is 494 g/mol. The number of ether oxygens (including phenoxy) is 1. The Morgan fingerprint density at radius 2 is 1.82 bits per heavy atom. The third-order valence-corrected chi connectivity index (χ3v) is 5.45. The van der Waals surface area contributed by atoms with E-state index in [0.29, 0.717) is 35.5 Å². The van der Waals surface area contributed by atoms with Crippen molar-refractivity contribution in [3.63, 3.8) is 0 Å². The van der Waals surface area contributed by atoms with Gasteiger partial charge in [0, 0.05) is 17.6 Å². The third kappa shape index (κ3) is 5.71. The second-order valence-corrected chi connectivity index (χ2v) is 8.19. The first kappa shape index (κ1) is 23.3. The summed E-state index contributed by atoms with van der Waals surface area (Å²) in [5.41, 5.74) is 2.17. The van der Waals surface area contributed by atoms with Gasteiger partial charge in [0.15, 0.2) is 0 Å². The molecule has 0 unspecified atom stereocenters. The number of aromatic nitrogens is 2. The maximum absolute atomic E-state index is 11.9. The van der Waals surface area contributed by atoms with Crippen LogP contribution >= 0.6 is 15.9 Å². The highest BCUT2D eigenvalue weighted by molar-refractivity contribution is 9.10. The first-order valence-electron chi connectivity index (χ1n) is 10.8. The van der Waals surface area contributed by atoms with E-state index < -0.39 is 0 Å². The molecular formula is C26H24BrN5O2. The fourth-order valence-corrected chi connectivity index (χ4v) is 3.65. The number of benzene rings is 3. The number of nitrogens with one attached hydrogen (secondary N) is 3. The topological polar surface area (TPSA) is 88.2 Å². The average Bonchev–Trinajstić information content (AvgIpc) is 2.83. The van der Waals surface area contributed by atoms with Gasteiger partial charge in [0.25, 0.3) is 0 Å². The fourth-order valence-electron chi connectivity index (χ4n) is 3.36. The zero-order valence-corrected chi connectivity index (χ0v) is 20.4. The summed E-state index contributed by atoms with van der Waals surface area (Å²) in [5.74, 6) is 1.41. The van der Waals surface area contributed by atoms with E-state index in [-0.39, 0.29) is 5.91 Å². The molecule has 3 N–H and O–H groups in total. The zero-order valence-electron chi connectivity index (χ0n) is 18.8. The molecule has 34 heavy (non-hydrogen) atoms. The van der Waals surface area contributed by atoms with Crippen molar-refractivity contribution >= 4 is 61.4 Å². The molecule has 4 aromatic rings. The van der Waals surface area contributed by atoms with Crippen LogP contribution in [0.2, 0.25) is 0 Å². The predicted octanol–water partition coefficient (Wildman–Crippen LogP) is 6.79. The van der Waals surface area contributed by atoms with Crippen LogP contribution in [-0.2, 0) is 4.79 Å². The molecule has 0 atom stereocenters. The molecule has 0 aliphatic rings. The first-order chi connectivity index (χ1) is 16.6. The Hall–Kier alpha value is -3.91. The molecule has 1 amide bonds. The summed E-state index contributed by atoms with van der Waals surface area (Å²) < 4.78 is 6.46. The molecule has 0 saturated carbocycles. The summed E-state index contributed by atoms with van der Waals surface area (Å²) in [7, 11) is 0. The highest BCUT2D eigenvalue weighted by atomic mass is 79.9. The second-order valence-electron chi connectivity index (χ2n) is 7.34. The van der Waals surface area contributed by atoms with E-state index in [1.165, 1.54) is 11.5 Å². The van der Waals surface area contributed by atoms with E-state index in [4.69, 9.17) is 4.74 Å². The van der Waals surface area contributed by atoms with Crippen LogP contribution in [0.25, 0.3) is 10.8 Å². The lowest BCUT2D eigenvalue weighted by Crippen LogP contribution is -2.09. The predicted molar refractivity (Wildman–Crippen MR) is 141 cm³/mol. The van der Waals surface area contributed by atoms with Crippen LogP contribution in [0.5, 0.6) is 5.75 Å². The van der Waals surface area contributed by atoms with Crippen molar-refractivity contribution < 1.29 is 9.53 Å². The van der Waals surface area contributed by atoms with Crippen molar-refractivity contribution in [2.45, 2.75) is 13.8 Å². The Morgan fingerprint density at radius 1 is 1.03 bits per heavy atom. The maximum atomic E-state index is 11.9. The summed E-state index contributed by atoms with van der Waals surface area (Å²) in [6.07, 6.45) is 4.83. The molecule has 4 rings (SSSR count). The lowest BCUT2D eigenvalue weighted by Gasteiger charge is -2.15. The lowest BCUT2D eigenvalue weighted by molar-refractivity contribution is -0.111. The number of carbonyl (C=O) groups excluding carboxylic acids is 1. The molecule has 8 heteroatoms. The van der Waals surface area contributed by atoms with Gasteiger partial charge < -0.3 is 20.7 Å². The second kappa shape index (κ2) is 10.8. The summed E-state index contributed by atoms with van der Waals surface area (Å²) in [4.78, 5) is 21.0. The lowest BCUT2D eigenvalue weighted by atomic mass is 10.1. The largest absolute Gasteiger partial charge is 0.492 e. The van der Waals surface area contributed by atoms with E-state index >= 15 is 0 Å². The molecule has 0 radical (unpaired) electrons. The molecule has 7 nitrogen and oxygen atoms in total. The molecule has 1 heterocycles. The van der Waals surface area contributed by atoms with Gasteiger partial charge in [-0.2, -0.15) is 4.98 Å². The van der Waals surface area contributed by atoms with Crippen LogP contribution in [0, 0.1) is 0 Å². The van der Waals surface area contributed by atoms with E-state index in [1.807, 2.05) is 25.1 Å². The van der Waals surface area contributed by atoms with Crippen molar-refractivity contribution in [2.24, 2.45) is 0 Å². The molecule has 0 aliphatic carbocycles. The Morgan fingerprint density at radius 3 is 2.62 bits per heavy atom. The monoisotopic (exact) mass is 517 g/mol. The van der Waals surface area contributed by atoms with Gasteiger partial charge in [-0.15, -0.1) is 0 Å². The van der Waals surface area contributed by atoms with E-state index in [0.717, 1.165) is 15.5 Å². The standard InChI is InChI=1S/C26H24BrN5O2/c1-3-7-24(33)29-20-12-13-23(34-4-2)22(15-20)31-26-28-16-21(27)25(32-26)30-19-11-10-17-8-5-6-9-18(17)14-19/h3,5-16H,4H2,1-2H3,(H,29,33)(H2,28,30,31,32)/b7-3+. The van der Waals surface area contributed by atoms with Crippen molar-refractivity contribution in [3.05, 3.63) is 83.5 Å². The SMILES string of the molecule is C/C=C/C(=O)Nc1ccc(OCC)c(Nc2ncc(Br)c(Nc3ccc4ccccc4c3)n2)c1. The summed E-state index contributed by atoms with van der Waals surface area (Å²) in [5, 5.41) is 11.7. The summed E-state index contributed by atoms with van der Waals surface area (Å²) in [6, 6.07) is 19.7. The van der Waals surface area contributed by atoms with Gasteiger partial charge >= 0.3 is 0 Å². The number of hydrogen-bond donors (Lipinski definition) is 3. The number of nitrogens with zero attached hydrogens (tertiary/aromatic N) is 2. The molecule has 0 fully saturated rings. The van der Waals surface area contributed by atoms with Crippen molar-refractivity contribution in [1.82, 2.24) is 9.97 Å². The van der Waals surface area contributed by atoms with Gasteiger partial charge in [0.1, 0.15) is 11.6 Å². The van der Waals surface area contributed by atoms with Crippen LogP contribution in [0.3, 0.4) is 0 Å². The molecule has 3 aromatic carbocycles. The van der Waals surface area contributed by atoms with Crippen LogP contribution in [-0.4, -0.2) is 22.5 Å². The van der Waals surface area contributed by atoms with E-state index in [9.17, 15) is 4.79 Å². The number of fused-ring (bicyclic) bond motifs is 1. The number of halogens is 1. The van der Waals surface area contributed by atoms with Crippen LogP contribution in [0.4, 0.5) is 28.8 Å². The van der Waals surface area contributed by atoms with Crippen molar-refractivity contribution in [2.75, 3.05) is 22.6 Å². The molecule has 172 valence electrons. The van der Waals surface area contributed by atoms with E-state index in [1.54, 1.807) is 37.4 Å². The van der Waals surface area contributed by atoms with Crippen LogP contribution in [0.1, 0.15) is 13.8 Å². The Bertz CT molecular complexity index is 1360. The number of amides is 1. The maximum Gasteiger partial charge on any atom is 0.248 e. The van der Waals surface area contributed by atoms with Gasteiger partial charge in [-0.1, -0.05) is 36.4 Å². The molecule has 0 spiro atoms. The Balaban J connectivity index is 1.60. The van der Waals surface area contributed by atoms with E-state index in [2.05, 4.69) is 66.1 Å². The smallest absolute Gasteiger partial charge is 0.248 e. The Labute approximate surface area is 206 Å². The molecule has 1 aromatic heterocycles. The van der Waals surface area contributed by atoms with Gasteiger partial charge in [-0.25, -0.2) is 4.98 Å². The Kier molecular flexibility index (Phi) is 7.39. The minimum absolute atomic E-state index is 0.209. The van der Waals surface area contributed by atoms with Gasteiger partial charge in [-0.05, 0) is 77.0 Å². The number of rotatable bonds is 8. The number of allylic oxidation sites excluding steroid dienone is 1. The van der Waals surface area contributed by atoms with Crippen LogP contribution < -0.4 is 20.7 Å². The quantitative estimate of drug-likeness (QED) is 0.223. The zero-order chi connectivity index (χ0) is 23.9. The number of carbonyl (C=O) groups is 1. The minimum atomic E-state index is -0.209. The molecule has 0 aliphatic heterocycles.